The highest BCUT2D eigenvalue weighted by Crippen LogP contribution is 2.25. The molecule has 3 N–H and O–H groups in total. The molecule has 0 atom stereocenters. The lowest BCUT2D eigenvalue weighted by Gasteiger charge is -2.35. The van der Waals surface area contributed by atoms with Crippen molar-refractivity contribution in [2.45, 2.75) is 44.7 Å². The van der Waals surface area contributed by atoms with Crippen LogP contribution in [0, 0.1) is 3.57 Å². The van der Waals surface area contributed by atoms with Gasteiger partial charge in [0.1, 0.15) is 5.75 Å². The number of hydrogen-bond donors (Lipinski definition) is 2. The van der Waals surface area contributed by atoms with Crippen LogP contribution in [0.3, 0.4) is 0 Å². The minimum absolute atomic E-state index is 0.000304. The normalized spacial score (nSPS) is 22.6. The molecule has 2 rings (SSSR count). The molecule has 110 valence electrons. The van der Waals surface area contributed by atoms with Gasteiger partial charge < -0.3 is 15.7 Å². The molecular weight excluding hydrogens is 367 g/mol. The number of nitrogens with two attached hydrogens (primary N) is 1. The number of rotatable bonds is 3. The van der Waals surface area contributed by atoms with Crippen molar-refractivity contribution in [3.8, 4) is 5.75 Å². The first-order valence-electron chi connectivity index (χ1n) is 7.08. The molecule has 1 aliphatic rings. The third kappa shape index (κ3) is 3.44. The number of carbonyl (C=O) groups excluding carboxylic acids is 1. The SMILES string of the molecule is CCN(C(=O)c1ccc(I)c(O)c1)C1CCC(N)CC1. The van der Waals surface area contributed by atoms with Crippen LogP contribution < -0.4 is 5.73 Å². The van der Waals surface area contributed by atoms with E-state index in [1.54, 1.807) is 18.2 Å². The van der Waals surface area contributed by atoms with E-state index >= 15 is 0 Å². The lowest BCUT2D eigenvalue weighted by molar-refractivity contribution is 0.0640. The quantitative estimate of drug-likeness (QED) is 0.783. The Labute approximate surface area is 133 Å². The van der Waals surface area contributed by atoms with E-state index in [0.717, 1.165) is 29.3 Å². The number of carbonyl (C=O) groups is 1. The number of benzene rings is 1. The highest BCUT2D eigenvalue weighted by atomic mass is 127. The Morgan fingerprint density at radius 2 is 2.05 bits per heavy atom. The zero-order valence-corrected chi connectivity index (χ0v) is 13.8. The van der Waals surface area contributed by atoms with E-state index in [2.05, 4.69) is 0 Å². The number of phenols is 1. The maximum atomic E-state index is 12.6. The predicted molar refractivity (Wildman–Crippen MR) is 87.8 cm³/mol. The summed E-state index contributed by atoms with van der Waals surface area (Å²) in [5.74, 6) is 0.165. The standard InChI is InChI=1S/C15H21IN2O2/c1-2-18(12-6-4-11(17)5-7-12)15(20)10-3-8-13(16)14(19)9-10/h3,8-9,11-12,19H,2,4-7,17H2,1H3. The van der Waals surface area contributed by atoms with E-state index in [-0.39, 0.29) is 23.7 Å². The van der Waals surface area contributed by atoms with Crippen LogP contribution >= 0.6 is 22.6 Å². The maximum absolute atomic E-state index is 12.6. The van der Waals surface area contributed by atoms with Gasteiger partial charge in [-0.1, -0.05) is 0 Å². The summed E-state index contributed by atoms with van der Waals surface area (Å²) >= 11 is 2.05. The number of aromatic hydroxyl groups is 1. The van der Waals surface area contributed by atoms with Crippen LogP contribution in [0.15, 0.2) is 18.2 Å². The van der Waals surface area contributed by atoms with Crippen LogP contribution in [0.1, 0.15) is 43.0 Å². The molecule has 0 aromatic heterocycles. The summed E-state index contributed by atoms with van der Waals surface area (Å²) in [6, 6.07) is 5.66. The van der Waals surface area contributed by atoms with Crippen LogP contribution in [0.2, 0.25) is 0 Å². The Hall–Kier alpha value is -0.820. The van der Waals surface area contributed by atoms with E-state index < -0.39 is 0 Å². The van der Waals surface area contributed by atoms with Crippen LogP contribution in [-0.4, -0.2) is 34.5 Å². The molecule has 1 amide bonds. The Kier molecular flexibility index (Phi) is 5.26. The van der Waals surface area contributed by atoms with Gasteiger partial charge in [0.2, 0.25) is 0 Å². The van der Waals surface area contributed by atoms with Crippen molar-refractivity contribution in [2.75, 3.05) is 6.54 Å². The van der Waals surface area contributed by atoms with Gasteiger partial charge in [-0.15, -0.1) is 0 Å². The van der Waals surface area contributed by atoms with E-state index in [1.807, 2.05) is 34.4 Å². The largest absolute Gasteiger partial charge is 0.507 e. The van der Waals surface area contributed by atoms with Gasteiger partial charge in [0.15, 0.2) is 0 Å². The van der Waals surface area contributed by atoms with Gasteiger partial charge in [-0.05, 0) is 73.4 Å². The second-order valence-electron chi connectivity index (χ2n) is 5.33. The van der Waals surface area contributed by atoms with Gasteiger partial charge in [0.25, 0.3) is 5.91 Å². The molecule has 0 unspecified atom stereocenters. The first-order valence-corrected chi connectivity index (χ1v) is 8.15. The monoisotopic (exact) mass is 388 g/mol. The maximum Gasteiger partial charge on any atom is 0.254 e. The Morgan fingerprint density at radius 3 is 2.60 bits per heavy atom. The van der Waals surface area contributed by atoms with Gasteiger partial charge in [-0.2, -0.15) is 0 Å². The number of phenolic OH excluding ortho intramolecular Hbond substituents is 1. The van der Waals surface area contributed by atoms with Crippen molar-refractivity contribution in [1.29, 1.82) is 0 Å². The second-order valence-corrected chi connectivity index (χ2v) is 6.49. The first-order chi connectivity index (χ1) is 9.52. The second kappa shape index (κ2) is 6.76. The van der Waals surface area contributed by atoms with E-state index in [0.29, 0.717) is 12.1 Å². The molecule has 0 radical (unpaired) electrons. The third-order valence-corrected chi connectivity index (χ3v) is 4.89. The Bertz CT molecular complexity index is 485. The zero-order chi connectivity index (χ0) is 14.7. The molecule has 20 heavy (non-hydrogen) atoms. The summed E-state index contributed by atoms with van der Waals surface area (Å²) in [5.41, 5.74) is 6.48. The number of amides is 1. The molecule has 1 aromatic carbocycles. The highest BCUT2D eigenvalue weighted by Gasteiger charge is 2.27. The molecule has 1 saturated carbocycles. The van der Waals surface area contributed by atoms with Crippen LogP contribution in [0.5, 0.6) is 5.75 Å². The third-order valence-electron chi connectivity index (χ3n) is 3.98. The summed E-state index contributed by atoms with van der Waals surface area (Å²) in [7, 11) is 0. The van der Waals surface area contributed by atoms with Gasteiger partial charge in [-0.25, -0.2) is 0 Å². The average Bonchev–Trinajstić information content (AvgIpc) is 2.44. The lowest BCUT2D eigenvalue weighted by Crippen LogP contribution is -2.44. The molecule has 0 saturated heterocycles. The Morgan fingerprint density at radius 1 is 1.40 bits per heavy atom. The van der Waals surface area contributed by atoms with Crippen molar-refractivity contribution in [2.24, 2.45) is 5.73 Å². The van der Waals surface area contributed by atoms with Gasteiger partial charge in [0.05, 0.1) is 3.57 Å². The predicted octanol–water partition coefficient (Wildman–Crippen LogP) is 2.73. The molecule has 4 nitrogen and oxygen atoms in total. The van der Waals surface area contributed by atoms with Crippen molar-refractivity contribution in [3.63, 3.8) is 0 Å². The van der Waals surface area contributed by atoms with Crippen LogP contribution in [0.4, 0.5) is 0 Å². The van der Waals surface area contributed by atoms with Crippen molar-refractivity contribution >= 4 is 28.5 Å². The fourth-order valence-electron chi connectivity index (χ4n) is 2.79. The smallest absolute Gasteiger partial charge is 0.254 e. The average molecular weight is 388 g/mol. The summed E-state index contributed by atoms with van der Waals surface area (Å²) < 4.78 is 0.755. The van der Waals surface area contributed by atoms with E-state index in [4.69, 9.17) is 5.73 Å². The molecule has 0 bridgehead atoms. The zero-order valence-electron chi connectivity index (χ0n) is 11.7. The van der Waals surface area contributed by atoms with E-state index in [9.17, 15) is 9.90 Å². The number of hydrogen-bond acceptors (Lipinski definition) is 3. The lowest BCUT2D eigenvalue weighted by atomic mass is 9.90. The summed E-state index contributed by atoms with van der Waals surface area (Å²) in [4.78, 5) is 14.5. The van der Waals surface area contributed by atoms with Crippen LogP contribution in [-0.2, 0) is 0 Å². The fraction of sp³-hybridized carbons (Fsp3) is 0.533. The molecular formula is C15H21IN2O2. The molecule has 5 heteroatoms. The van der Waals surface area contributed by atoms with Gasteiger partial charge >= 0.3 is 0 Å². The summed E-state index contributed by atoms with van der Waals surface area (Å²) in [6.45, 7) is 2.68. The minimum Gasteiger partial charge on any atom is -0.507 e. The van der Waals surface area contributed by atoms with Gasteiger partial charge in [-0.3, -0.25) is 4.79 Å². The first kappa shape index (κ1) is 15.6. The van der Waals surface area contributed by atoms with Crippen molar-refractivity contribution in [3.05, 3.63) is 27.3 Å². The minimum atomic E-state index is -0.000304. The summed E-state index contributed by atoms with van der Waals surface area (Å²) in [5, 5.41) is 9.75. The number of halogens is 1. The molecule has 0 heterocycles. The number of nitrogens with zero attached hydrogens (tertiary/aromatic N) is 1. The highest BCUT2D eigenvalue weighted by molar-refractivity contribution is 14.1. The molecule has 1 fully saturated rings. The summed E-state index contributed by atoms with van der Waals surface area (Å²) in [6.07, 6.45) is 3.90. The molecule has 1 aliphatic carbocycles. The molecule has 1 aromatic rings. The Balaban J connectivity index is 2.14. The van der Waals surface area contributed by atoms with Crippen molar-refractivity contribution < 1.29 is 9.90 Å². The van der Waals surface area contributed by atoms with Crippen molar-refractivity contribution in [1.82, 2.24) is 4.90 Å². The van der Waals surface area contributed by atoms with Crippen LogP contribution in [0.25, 0.3) is 0 Å². The topological polar surface area (TPSA) is 66.6 Å². The van der Waals surface area contributed by atoms with Gasteiger partial charge in [0, 0.05) is 24.2 Å². The molecule has 0 aliphatic heterocycles. The fourth-order valence-corrected chi connectivity index (χ4v) is 3.13. The molecule has 0 spiro atoms. The van der Waals surface area contributed by atoms with E-state index in [1.165, 1.54) is 0 Å².